The normalized spacial score (nSPS) is 11.2. The summed E-state index contributed by atoms with van der Waals surface area (Å²) >= 11 is 0. The number of aromatic hydroxyl groups is 1. The molecular formula is C26H23N3O2. The Morgan fingerprint density at radius 1 is 0.839 bits per heavy atom. The van der Waals surface area contributed by atoms with Crippen molar-refractivity contribution < 1.29 is 9.90 Å². The van der Waals surface area contributed by atoms with Crippen LogP contribution in [0.3, 0.4) is 0 Å². The number of hydrogen-bond donors (Lipinski definition) is 2. The van der Waals surface area contributed by atoms with Crippen LogP contribution in [0.1, 0.15) is 27.0 Å². The first kappa shape index (κ1) is 20.3. The molecule has 0 aromatic heterocycles. The van der Waals surface area contributed by atoms with Crippen molar-refractivity contribution in [2.45, 2.75) is 20.8 Å². The van der Waals surface area contributed by atoms with E-state index in [2.05, 4.69) is 15.5 Å². The highest BCUT2D eigenvalue weighted by molar-refractivity contribution is 6.11. The maximum absolute atomic E-state index is 13.0. The van der Waals surface area contributed by atoms with Gasteiger partial charge >= 0.3 is 0 Å². The molecule has 0 aliphatic heterocycles. The second-order valence-corrected chi connectivity index (χ2v) is 7.60. The molecule has 2 N–H and O–H groups in total. The minimum Gasteiger partial charge on any atom is -0.505 e. The molecule has 0 atom stereocenters. The van der Waals surface area contributed by atoms with E-state index < -0.39 is 5.91 Å². The third kappa shape index (κ3) is 4.16. The van der Waals surface area contributed by atoms with E-state index in [0.717, 1.165) is 27.5 Å². The number of para-hydroxylation sites is 1. The lowest BCUT2D eigenvalue weighted by Gasteiger charge is -2.12. The molecule has 31 heavy (non-hydrogen) atoms. The van der Waals surface area contributed by atoms with Gasteiger partial charge < -0.3 is 10.4 Å². The van der Waals surface area contributed by atoms with Crippen molar-refractivity contribution in [1.82, 2.24) is 0 Å². The fraction of sp³-hybridized carbons (Fsp3) is 0.115. The van der Waals surface area contributed by atoms with E-state index in [1.54, 1.807) is 6.07 Å². The number of benzene rings is 4. The minimum absolute atomic E-state index is 0.150. The summed E-state index contributed by atoms with van der Waals surface area (Å²) in [5.41, 5.74) is 4.89. The fourth-order valence-electron chi connectivity index (χ4n) is 3.52. The second kappa shape index (κ2) is 8.40. The predicted molar refractivity (Wildman–Crippen MR) is 125 cm³/mol. The number of nitrogens with one attached hydrogen (secondary N) is 1. The van der Waals surface area contributed by atoms with Crippen LogP contribution in [0, 0.1) is 20.8 Å². The van der Waals surface area contributed by atoms with Crippen molar-refractivity contribution in [3.63, 3.8) is 0 Å². The number of phenols is 1. The Hall–Kier alpha value is -3.99. The van der Waals surface area contributed by atoms with Crippen molar-refractivity contribution in [3.05, 3.63) is 95.1 Å². The van der Waals surface area contributed by atoms with Gasteiger partial charge in [-0.3, -0.25) is 4.79 Å². The van der Waals surface area contributed by atoms with Crippen LogP contribution >= 0.6 is 0 Å². The first-order chi connectivity index (χ1) is 14.9. The average molecular weight is 409 g/mol. The fourth-order valence-corrected chi connectivity index (χ4v) is 3.52. The molecule has 4 rings (SSSR count). The van der Waals surface area contributed by atoms with Gasteiger partial charge in [0, 0.05) is 11.1 Å². The zero-order valence-electron chi connectivity index (χ0n) is 17.7. The summed E-state index contributed by atoms with van der Waals surface area (Å²) < 4.78 is 0. The highest BCUT2D eigenvalue weighted by Gasteiger charge is 2.19. The first-order valence-corrected chi connectivity index (χ1v) is 10.0. The number of amides is 1. The van der Waals surface area contributed by atoms with E-state index in [1.807, 2.05) is 87.5 Å². The number of rotatable bonds is 4. The van der Waals surface area contributed by atoms with Crippen LogP contribution in [0.5, 0.6) is 5.75 Å². The second-order valence-electron chi connectivity index (χ2n) is 7.60. The number of anilines is 1. The number of carbonyl (C=O) groups excluding carboxylic acids is 1. The Labute approximate surface area is 181 Å². The highest BCUT2D eigenvalue weighted by atomic mass is 16.3. The van der Waals surface area contributed by atoms with Gasteiger partial charge in [0.1, 0.15) is 5.69 Å². The monoisotopic (exact) mass is 409 g/mol. The van der Waals surface area contributed by atoms with Crippen molar-refractivity contribution in [2.75, 3.05) is 5.32 Å². The minimum atomic E-state index is -0.402. The van der Waals surface area contributed by atoms with Crippen LogP contribution in [0.25, 0.3) is 10.8 Å². The molecule has 0 saturated carbocycles. The van der Waals surface area contributed by atoms with Gasteiger partial charge in [0.05, 0.1) is 11.3 Å². The Morgan fingerprint density at radius 2 is 1.58 bits per heavy atom. The number of phenolic OH excluding ortho intramolecular Hbond substituents is 1. The van der Waals surface area contributed by atoms with Gasteiger partial charge in [-0.1, -0.05) is 60.2 Å². The Balaban J connectivity index is 1.79. The molecule has 0 radical (unpaired) electrons. The zero-order valence-corrected chi connectivity index (χ0v) is 17.7. The summed E-state index contributed by atoms with van der Waals surface area (Å²) in [5.74, 6) is -0.598. The van der Waals surface area contributed by atoms with E-state index in [9.17, 15) is 9.90 Å². The maximum Gasteiger partial charge on any atom is 0.259 e. The smallest absolute Gasteiger partial charge is 0.259 e. The SMILES string of the molecule is Cc1ccc(N=Nc2c(O)c(C(=O)Nc3ccccc3C)cc3ccccc23)c(C)c1. The van der Waals surface area contributed by atoms with Crippen LogP contribution in [0.2, 0.25) is 0 Å². The Kier molecular flexibility index (Phi) is 5.50. The molecule has 5 nitrogen and oxygen atoms in total. The van der Waals surface area contributed by atoms with Crippen LogP contribution in [0.15, 0.2) is 83.0 Å². The van der Waals surface area contributed by atoms with Gasteiger partial charge in [-0.15, -0.1) is 5.11 Å². The van der Waals surface area contributed by atoms with Crippen molar-refractivity contribution >= 4 is 33.7 Å². The Morgan fingerprint density at radius 3 is 2.35 bits per heavy atom. The van der Waals surface area contributed by atoms with E-state index in [-0.39, 0.29) is 17.0 Å². The molecule has 0 heterocycles. The van der Waals surface area contributed by atoms with Gasteiger partial charge in [-0.2, -0.15) is 5.11 Å². The number of nitrogens with zero attached hydrogens (tertiary/aromatic N) is 2. The maximum atomic E-state index is 13.0. The van der Waals surface area contributed by atoms with E-state index >= 15 is 0 Å². The quantitative estimate of drug-likeness (QED) is 0.352. The molecule has 4 aromatic rings. The number of aryl methyl sites for hydroxylation is 3. The molecule has 0 bridgehead atoms. The largest absolute Gasteiger partial charge is 0.505 e. The topological polar surface area (TPSA) is 74.0 Å². The number of azo groups is 1. The predicted octanol–water partition coefficient (Wildman–Crippen LogP) is 7.14. The summed E-state index contributed by atoms with van der Waals surface area (Å²) in [6.07, 6.45) is 0. The molecule has 0 spiro atoms. The molecule has 0 unspecified atom stereocenters. The summed E-state index contributed by atoms with van der Waals surface area (Å²) in [6, 6.07) is 22.5. The van der Waals surface area contributed by atoms with E-state index in [1.165, 1.54) is 0 Å². The molecule has 0 fully saturated rings. The number of hydrogen-bond acceptors (Lipinski definition) is 4. The van der Waals surface area contributed by atoms with Crippen LogP contribution in [-0.2, 0) is 0 Å². The van der Waals surface area contributed by atoms with Gasteiger partial charge in [0.15, 0.2) is 5.75 Å². The van der Waals surface area contributed by atoms with Gasteiger partial charge in [0.2, 0.25) is 0 Å². The van der Waals surface area contributed by atoms with Crippen LogP contribution in [-0.4, -0.2) is 11.0 Å². The summed E-state index contributed by atoms with van der Waals surface area (Å²) in [6.45, 7) is 5.90. The molecule has 4 aromatic carbocycles. The third-order valence-electron chi connectivity index (χ3n) is 5.24. The summed E-state index contributed by atoms with van der Waals surface area (Å²) in [4.78, 5) is 13.0. The van der Waals surface area contributed by atoms with Gasteiger partial charge in [-0.25, -0.2) is 0 Å². The third-order valence-corrected chi connectivity index (χ3v) is 5.24. The van der Waals surface area contributed by atoms with E-state index in [0.29, 0.717) is 11.4 Å². The van der Waals surface area contributed by atoms with Gasteiger partial charge in [-0.05, 0) is 55.5 Å². The molecule has 5 heteroatoms. The number of fused-ring (bicyclic) bond motifs is 1. The molecule has 0 aliphatic carbocycles. The van der Waals surface area contributed by atoms with Crippen LogP contribution < -0.4 is 5.32 Å². The molecule has 1 amide bonds. The Bertz CT molecular complexity index is 1330. The van der Waals surface area contributed by atoms with E-state index in [4.69, 9.17) is 0 Å². The standard InChI is InChI=1S/C26H23N3O2/c1-16-12-13-23(18(3)14-16)28-29-24-20-10-6-5-9-19(20)15-21(25(24)30)26(31)27-22-11-7-4-8-17(22)2/h4-15,30H,1-3H3,(H,27,31). The van der Waals surface area contributed by atoms with Crippen molar-refractivity contribution in [1.29, 1.82) is 0 Å². The summed E-state index contributed by atoms with van der Waals surface area (Å²) in [5, 5.41) is 24.1. The molecular weight excluding hydrogens is 386 g/mol. The van der Waals surface area contributed by atoms with Crippen LogP contribution in [0.4, 0.5) is 17.1 Å². The molecule has 154 valence electrons. The van der Waals surface area contributed by atoms with Crippen molar-refractivity contribution in [3.8, 4) is 5.75 Å². The molecule has 0 aliphatic rings. The lowest BCUT2D eigenvalue weighted by molar-refractivity contribution is 0.102. The number of carbonyl (C=O) groups is 1. The highest BCUT2D eigenvalue weighted by Crippen LogP contribution is 2.40. The summed E-state index contributed by atoms with van der Waals surface area (Å²) in [7, 11) is 0. The first-order valence-electron chi connectivity index (χ1n) is 10.0. The van der Waals surface area contributed by atoms with Gasteiger partial charge in [0.25, 0.3) is 5.91 Å². The average Bonchev–Trinajstić information content (AvgIpc) is 2.75. The zero-order chi connectivity index (χ0) is 22.0. The van der Waals surface area contributed by atoms with Crippen molar-refractivity contribution in [2.24, 2.45) is 10.2 Å². The molecule has 0 saturated heterocycles. The lowest BCUT2D eigenvalue weighted by atomic mass is 10.0. The lowest BCUT2D eigenvalue weighted by Crippen LogP contribution is -2.13.